The number of amides is 3. The highest BCUT2D eigenvalue weighted by Gasteiger charge is 2.47. The molecule has 1 saturated heterocycles. The maximum Gasteiger partial charge on any atom is 0.268 e. The van der Waals surface area contributed by atoms with Crippen molar-refractivity contribution < 1.29 is 23.2 Å². The number of pyridine rings is 1. The first kappa shape index (κ1) is 25.4. The molecule has 0 bridgehead atoms. The lowest BCUT2D eigenvalue weighted by Crippen LogP contribution is -2.43. The lowest BCUT2D eigenvalue weighted by Gasteiger charge is -2.26. The van der Waals surface area contributed by atoms with E-state index in [1.807, 2.05) is 0 Å². The monoisotopic (exact) mass is 498 g/mol. The Labute approximate surface area is 207 Å². The fourth-order valence-corrected chi connectivity index (χ4v) is 4.87. The normalized spacial score (nSPS) is 23.2. The van der Waals surface area contributed by atoms with Gasteiger partial charge in [-0.05, 0) is 62.4 Å². The minimum absolute atomic E-state index is 0.0835. The number of hydrogen-bond donors (Lipinski definition) is 3. The number of anilines is 1. The summed E-state index contributed by atoms with van der Waals surface area (Å²) in [4.78, 5) is 43.1. The first-order valence-corrected chi connectivity index (χ1v) is 12.0. The molecule has 190 valence electrons. The predicted molar refractivity (Wildman–Crippen MR) is 128 cm³/mol. The van der Waals surface area contributed by atoms with Gasteiger partial charge in [0.25, 0.3) is 11.8 Å². The number of nitrogens with two attached hydrogens (primary N) is 1. The number of nitrogens with zero attached hydrogens (tertiary/aromatic N) is 3. The molecule has 36 heavy (non-hydrogen) atoms. The quantitative estimate of drug-likeness (QED) is 0.559. The number of halogens is 2. The van der Waals surface area contributed by atoms with Crippen LogP contribution >= 0.6 is 0 Å². The van der Waals surface area contributed by atoms with E-state index in [1.165, 1.54) is 12.3 Å². The third-order valence-corrected chi connectivity index (χ3v) is 6.94. The SMILES string of the molecule is N#C[C@@H]1CC(F)(F)CN1C(=O)CNC(=O)c1ccnc2ccc(NC(=O)C3CCC(CN)CC3)cc12. The van der Waals surface area contributed by atoms with Gasteiger partial charge in [0.2, 0.25) is 11.8 Å². The average molecular weight is 499 g/mol. The van der Waals surface area contributed by atoms with Crippen molar-refractivity contribution >= 4 is 34.3 Å². The molecule has 11 heteroatoms. The van der Waals surface area contributed by atoms with Crippen molar-refractivity contribution in [2.45, 2.75) is 44.1 Å². The van der Waals surface area contributed by atoms with Crippen molar-refractivity contribution in [1.82, 2.24) is 15.2 Å². The molecular weight excluding hydrogens is 470 g/mol. The van der Waals surface area contributed by atoms with Gasteiger partial charge >= 0.3 is 0 Å². The van der Waals surface area contributed by atoms with Gasteiger partial charge in [-0.15, -0.1) is 0 Å². The molecule has 1 aliphatic heterocycles. The van der Waals surface area contributed by atoms with Gasteiger partial charge < -0.3 is 21.3 Å². The minimum Gasteiger partial charge on any atom is -0.343 e. The summed E-state index contributed by atoms with van der Waals surface area (Å²) in [5, 5.41) is 14.9. The van der Waals surface area contributed by atoms with E-state index in [1.54, 1.807) is 24.3 Å². The lowest BCUT2D eigenvalue weighted by atomic mass is 9.81. The maximum absolute atomic E-state index is 13.6. The van der Waals surface area contributed by atoms with Crippen LogP contribution in [0.15, 0.2) is 30.5 Å². The van der Waals surface area contributed by atoms with Gasteiger partial charge in [-0.1, -0.05) is 0 Å². The molecule has 0 radical (unpaired) electrons. The number of benzene rings is 1. The first-order valence-electron chi connectivity index (χ1n) is 12.0. The molecule has 2 aliphatic rings. The Hall–Kier alpha value is -3.65. The molecule has 1 aromatic heterocycles. The number of fused-ring (bicyclic) bond motifs is 1. The Kier molecular flexibility index (Phi) is 7.45. The smallest absolute Gasteiger partial charge is 0.268 e. The second kappa shape index (κ2) is 10.5. The van der Waals surface area contributed by atoms with Crippen LogP contribution in [-0.4, -0.2) is 59.2 Å². The number of nitriles is 1. The predicted octanol–water partition coefficient (Wildman–Crippen LogP) is 2.43. The van der Waals surface area contributed by atoms with Crippen molar-refractivity contribution in [2.75, 3.05) is 25.0 Å². The van der Waals surface area contributed by atoms with Gasteiger partial charge in [-0.25, -0.2) is 8.78 Å². The molecule has 3 amide bonds. The molecule has 1 atom stereocenters. The molecule has 2 fully saturated rings. The van der Waals surface area contributed by atoms with Gasteiger partial charge in [0, 0.05) is 29.6 Å². The molecule has 1 aromatic carbocycles. The Morgan fingerprint density at radius 1 is 1.19 bits per heavy atom. The third kappa shape index (κ3) is 5.60. The van der Waals surface area contributed by atoms with Crippen LogP contribution in [0.2, 0.25) is 0 Å². The number of aromatic nitrogens is 1. The number of alkyl halides is 2. The minimum atomic E-state index is -3.13. The lowest BCUT2D eigenvalue weighted by molar-refractivity contribution is -0.131. The van der Waals surface area contributed by atoms with E-state index in [0.29, 0.717) is 29.1 Å². The second-order valence-corrected chi connectivity index (χ2v) is 9.44. The van der Waals surface area contributed by atoms with Crippen LogP contribution in [0.4, 0.5) is 14.5 Å². The van der Waals surface area contributed by atoms with Crippen molar-refractivity contribution in [2.24, 2.45) is 17.6 Å². The molecule has 4 rings (SSSR count). The third-order valence-electron chi connectivity index (χ3n) is 6.94. The standard InChI is InChI=1S/C25H28F2N6O3/c26-25(27)10-18(12-29)33(14-25)22(34)13-31-24(36)19-7-8-30-21-6-5-17(9-20(19)21)32-23(35)16-3-1-15(11-28)2-4-16/h5-9,15-16,18H,1-4,10-11,13-14,28H2,(H,31,36)(H,32,35)/t15?,16?,18-/m0/s1. The van der Waals surface area contributed by atoms with E-state index in [2.05, 4.69) is 15.6 Å². The number of nitrogens with one attached hydrogen (secondary N) is 2. The molecule has 9 nitrogen and oxygen atoms in total. The van der Waals surface area contributed by atoms with Crippen molar-refractivity contribution in [3.63, 3.8) is 0 Å². The molecule has 1 aliphatic carbocycles. The molecule has 0 spiro atoms. The van der Waals surface area contributed by atoms with Crippen LogP contribution in [0.1, 0.15) is 42.5 Å². The van der Waals surface area contributed by atoms with Gasteiger partial charge in [0.15, 0.2) is 0 Å². The Bertz CT molecular complexity index is 1210. The summed E-state index contributed by atoms with van der Waals surface area (Å²) < 4.78 is 27.3. The van der Waals surface area contributed by atoms with Gasteiger partial charge in [0.1, 0.15) is 6.04 Å². The number of rotatable bonds is 6. The van der Waals surface area contributed by atoms with E-state index in [0.717, 1.165) is 30.6 Å². The summed E-state index contributed by atoms with van der Waals surface area (Å²) in [5.74, 6) is -4.21. The summed E-state index contributed by atoms with van der Waals surface area (Å²) in [5.41, 5.74) is 6.98. The van der Waals surface area contributed by atoms with E-state index >= 15 is 0 Å². The Morgan fingerprint density at radius 2 is 1.94 bits per heavy atom. The Balaban J connectivity index is 1.43. The van der Waals surface area contributed by atoms with Crippen LogP contribution < -0.4 is 16.4 Å². The Morgan fingerprint density at radius 3 is 2.64 bits per heavy atom. The zero-order valence-corrected chi connectivity index (χ0v) is 19.7. The molecule has 2 heterocycles. The topological polar surface area (TPSA) is 141 Å². The molecule has 4 N–H and O–H groups in total. The molecule has 1 saturated carbocycles. The van der Waals surface area contributed by atoms with Crippen molar-refractivity contribution in [3.8, 4) is 6.07 Å². The molecule has 0 unspecified atom stereocenters. The van der Waals surface area contributed by atoms with Crippen LogP contribution in [-0.2, 0) is 9.59 Å². The fourth-order valence-electron chi connectivity index (χ4n) is 4.87. The van der Waals surface area contributed by atoms with Crippen molar-refractivity contribution in [1.29, 1.82) is 5.26 Å². The number of carbonyl (C=O) groups is 3. The second-order valence-electron chi connectivity index (χ2n) is 9.44. The summed E-state index contributed by atoms with van der Waals surface area (Å²) in [7, 11) is 0. The summed E-state index contributed by atoms with van der Waals surface area (Å²) in [6, 6.07) is 6.99. The summed E-state index contributed by atoms with van der Waals surface area (Å²) in [6.45, 7) is -0.750. The fraction of sp³-hybridized carbons (Fsp3) is 0.480. The van der Waals surface area contributed by atoms with Crippen LogP contribution in [0, 0.1) is 23.2 Å². The highest BCUT2D eigenvalue weighted by Crippen LogP contribution is 2.32. The number of likely N-dealkylation sites (tertiary alicyclic amines) is 1. The highest BCUT2D eigenvalue weighted by molar-refractivity contribution is 6.08. The zero-order chi connectivity index (χ0) is 25.9. The largest absolute Gasteiger partial charge is 0.343 e. The van der Waals surface area contributed by atoms with Crippen LogP contribution in [0.5, 0.6) is 0 Å². The van der Waals surface area contributed by atoms with Gasteiger partial charge in [-0.2, -0.15) is 5.26 Å². The maximum atomic E-state index is 13.6. The zero-order valence-electron chi connectivity index (χ0n) is 19.7. The van der Waals surface area contributed by atoms with Crippen LogP contribution in [0.3, 0.4) is 0 Å². The van der Waals surface area contributed by atoms with Crippen molar-refractivity contribution in [3.05, 3.63) is 36.0 Å². The molecular formula is C25H28F2N6O3. The first-order chi connectivity index (χ1) is 17.2. The van der Waals surface area contributed by atoms with E-state index in [9.17, 15) is 23.2 Å². The number of carbonyl (C=O) groups excluding carboxylic acids is 3. The van der Waals surface area contributed by atoms with Gasteiger partial charge in [0.05, 0.1) is 30.2 Å². The average Bonchev–Trinajstić information content (AvgIpc) is 3.21. The van der Waals surface area contributed by atoms with E-state index < -0.39 is 43.3 Å². The van der Waals surface area contributed by atoms with E-state index in [-0.39, 0.29) is 17.4 Å². The van der Waals surface area contributed by atoms with E-state index in [4.69, 9.17) is 11.0 Å². The summed E-state index contributed by atoms with van der Waals surface area (Å²) in [6.07, 6.45) is 4.12. The highest BCUT2D eigenvalue weighted by atomic mass is 19.3. The van der Waals surface area contributed by atoms with Gasteiger partial charge in [-0.3, -0.25) is 19.4 Å². The van der Waals surface area contributed by atoms with Crippen LogP contribution in [0.25, 0.3) is 10.9 Å². The number of hydrogen-bond acceptors (Lipinski definition) is 6. The summed E-state index contributed by atoms with van der Waals surface area (Å²) >= 11 is 0. The molecule has 2 aromatic rings.